The molecule has 1 aromatic heterocycles. The van der Waals surface area contributed by atoms with Gasteiger partial charge in [-0.05, 0) is 29.8 Å². The molecule has 3 aromatic rings. The van der Waals surface area contributed by atoms with E-state index in [1.54, 1.807) is 42.6 Å². The molecule has 0 unspecified atom stereocenters. The number of rotatable bonds is 3. The van der Waals surface area contributed by atoms with E-state index in [0.29, 0.717) is 11.8 Å². The van der Waals surface area contributed by atoms with E-state index in [9.17, 15) is 18.0 Å². The number of carbonyl (C=O) groups is 1. The van der Waals surface area contributed by atoms with Gasteiger partial charge in [0.2, 0.25) is 5.91 Å². The number of pyridine rings is 1. The normalized spacial score (nSPS) is 12.2. The fourth-order valence-corrected chi connectivity index (χ4v) is 2.41. The summed E-state index contributed by atoms with van der Waals surface area (Å²) in [4.78, 5) is 16.2. The summed E-state index contributed by atoms with van der Waals surface area (Å²) in [6, 6.07) is 15.7. The lowest BCUT2D eigenvalue weighted by atomic mass is 10.1. The third-order valence-corrected chi connectivity index (χ3v) is 3.54. The van der Waals surface area contributed by atoms with Crippen LogP contribution in [-0.4, -0.2) is 17.1 Å². The molecular formula is C19H13F3N2O. The van der Waals surface area contributed by atoms with E-state index in [-0.39, 0.29) is 5.56 Å². The largest absolute Gasteiger partial charge is 0.417 e. The molecule has 1 N–H and O–H groups in total. The number of benzene rings is 2. The van der Waals surface area contributed by atoms with Gasteiger partial charge in [-0.25, -0.2) is 0 Å². The van der Waals surface area contributed by atoms with Crippen molar-refractivity contribution >= 4 is 28.1 Å². The Labute approximate surface area is 141 Å². The highest BCUT2D eigenvalue weighted by atomic mass is 19.4. The average molecular weight is 342 g/mol. The number of hydrogen-bond donors (Lipinski definition) is 1. The summed E-state index contributed by atoms with van der Waals surface area (Å²) in [5.74, 6) is -0.848. The van der Waals surface area contributed by atoms with Crippen LogP contribution in [0.3, 0.4) is 0 Å². The van der Waals surface area contributed by atoms with Gasteiger partial charge in [-0.1, -0.05) is 36.4 Å². The van der Waals surface area contributed by atoms with Crippen molar-refractivity contribution in [3.8, 4) is 0 Å². The topological polar surface area (TPSA) is 42.0 Å². The predicted octanol–water partition coefficient (Wildman–Crippen LogP) is 4.82. The van der Waals surface area contributed by atoms with E-state index in [2.05, 4.69) is 10.3 Å². The molecule has 0 aliphatic heterocycles. The molecule has 0 aliphatic rings. The number of allylic oxidation sites excluding steroid dienone is 1. The second-order valence-electron chi connectivity index (χ2n) is 5.32. The maximum Gasteiger partial charge on any atom is 0.417 e. The van der Waals surface area contributed by atoms with Crippen LogP contribution in [0.5, 0.6) is 0 Å². The molecule has 0 spiro atoms. The van der Waals surface area contributed by atoms with Gasteiger partial charge in [-0.3, -0.25) is 9.78 Å². The molecule has 6 heteroatoms. The molecule has 3 nitrogen and oxygen atoms in total. The van der Waals surface area contributed by atoms with E-state index >= 15 is 0 Å². The molecule has 3 rings (SSSR count). The molecule has 0 bridgehead atoms. The Morgan fingerprint density at radius 3 is 2.48 bits per heavy atom. The minimum atomic E-state index is -4.63. The standard InChI is InChI=1S/C19H13F3N2O/c20-19(21,22)16(13-5-2-1-3-6-13)12-18(25)24-15-8-9-17-14(11-15)7-4-10-23-17/h1-12H,(H,24,25)/b16-12-. The van der Waals surface area contributed by atoms with E-state index in [1.165, 1.54) is 24.3 Å². The fourth-order valence-electron chi connectivity index (χ4n) is 2.41. The van der Waals surface area contributed by atoms with E-state index in [4.69, 9.17) is 0 Å². The molecule has 2 aromatic carbocycles. The Hall–Kier alpha value is -3.15. The Balaban J connectivity index is 1.88. The molecule has 0 saturated carbocycles. The molecule has 0 aliphatic carbocycles. The Morgan fingerprint density at radius 1 is 1.00 bits per heavy atom. The highest BCUT2D eigenvalue weighted by Gasteiger charge is 2.35. The van der Waals surface area contributed by atoms with E-state index in [1.807, 2.05) is 0 Å². The highest BCUT2D eigenvalue weighted by Crippen LogP contribution is 2.33. The molecule has 25 heavy (non-hydrogen) atoms. The number of fused-ring (bicyclic) bond motifs is 1. The lowest BCUT2D eigenvalue weighted by Gasteiger charge is -2.12. The number of nitrogens with zero attached hydrogens (tertiary/aromatic N) is 1. The van der Waals surface area contributed by atoms with Crippen LogP contribution in [0.1, 0.15) is 5.56 Å². The predicted molar refractivity (Wildman–Crippen MR) is 90.8 cm³/mol. The van der Waals surface area contributed by atoms with Gasteiger partial charge in [0.05, 0.1) is 11.1 Å². The molecule has 126 valence electrons. The zero-order chi connectivity index (χ0) is 17.9. The number of anilines is 1. The minimum Gasteiger partial charge on any atom is -0.322 e. The van der Waals surface area contributed by atoms with Gasteiger partial charge in [0.1, 0.15) is 0 Å². The second-order valence-corrected chi connectivity index (χ2v) is 5.32. The molecule has 0 fully saturated rings. The number of halogens is 3. The van der Waals surface area contributed by atoms with Crippen LogP contribution < -0.4 is 5.32 Å². The third-order valence-electron chi connectivity index (χ3n) is 3.54. The van der Waals surface area contributed by atoms with Crippen molar-refractivity contribution in [1.82, 2.24) is 4.98 Å². The van der Waals surface area contributed by atoms with Crippen molar-refractivity contribution in [2.75, 3.05) is 5.32 Å². The van der Waals surface area contributed by atoms with Crippen LogP contribution in [0.15, 0.2) is 72.9 Å². The molecule has 1 amide bonds. The second kappa shape index (κ2) is 6.76. The molecular weight excluding hydrogens is 329 g/mol. The fraction of sp³-hybridized carbons (Fsp3) is 0.0526. The first-order valence-electron chi connectivity index (χ1n) is 7.43. The summed E-state index contributed by atoms with van der Waals surface area (Å²) in [6.07, 6.45) is -2.42. The monoisotopic (exact) mass is 342 g/mol. The number of aromatic nitrogens is 1. The first-order valence-corrected chi connectivity index (χ1v) is 7.43. The Kier molecular flexibility index (Phi) is 4.52. The van der Waals surface area contributed by atoms with Crippen molar-refractivity contribution < 1.29 is 18.0 Å². The number of nitrogens with one attached hydrogen (secondary N) is 1. The maximum atomic E-state index is 13.3. The van der Waals surface area contributed by atoms with E-state index in [0.717, 1.165) is 10.9 Å². The summed E-state index contributed by atoms with van der Waals surface area (Å²) >= 11 is 0. The van der Waals surface area contributed by atoms with Crippen molar-refractivity contribution in [3.05, 3.63) is 78.5 Å². The third kappa shape index (κ3) is 4.03. The lowest BCUT2D eigenvalue weighted by molar-refractivity contribution is -0.112. The Bertz CT molecular complexity index is 934. The summed E-state index contributed by atoms with van der Waals surface area (Å²) in [6.45, 7) is 0. The van der Waals surface area contributed by atoms with Crippen molar-refractivity contribution in [1.29, 1.82) is 0 Å². The number of carbonyl (C=O) groups excluding carboxylic acids is 1. The zero-order valence-electron chi connectivity index (χ0n) is 12.9. The first-order chi connectivity index (χ1) is 11.9. The van der Waals surface area contributed by atoms with Gasteiger partial charge < -0.3 is 5.32 Å². The maximum absolute atomic E-state index is 13.3. The van der Waals surface area contributed by atoms with Gasteiger partial charge in [0, 0.05) is 23.3 Å². The van der Waals surface area contributed by atoms with Crippen molar-refractivity contribution in [3.63, 3.8) is 0 Å². The van der Waals surface area contributed by atoms with Gasteiger partial charge in [0.25, 0.3) is 0 Å². The van der Waals surface area contributed by atoms with Gasteiger partial charge in [-0.15, -0.1) is 0 Å². The van der Waals surface area contributed by atoms with Crippen LogP contribution in [-0.2, 0) is 4.79 Å². The van der Waals surface area contributed by atoms with Gasteiger partial charge in [-0.2, -0.15) is 13.2 Å². The minimum absolute atomic E-state index is 0.0622. The zero-order valence-corrected chi connectivity index (χ0v) is 12.9. The lowest BCUT2D eigenvalue weighted by Crippen LogP contribution is -2.16. The van der Waals surface area contributed by atoms with Crippen LogP contribution >= 0.6 is 0 Å². The molecule has 0 radical (unpaired) electrons. The molecule has 0 saturated heterocycles. The summed E-state index contributed by atoms with van der Waals surface area (Å²) in [7, 11) is 0. The number of hydrogen-bond acceptors (Lipinski definition) is 2. The molecule has 1 heterocycles. The summed E-state index contributed by atoms with van der Waals surface area (Å²) in [5.41, 5.74) is 0.0774. The summed E-state index contributed by atoms with van der Waals surface area (Å²) in [5, 5.41) is 3.24. The van der Waals surface area contributed by atoms with E-state index < -0.39 is 17.7 Å². The number of amides is 1. The van der Waals surface area contributed by atoms with Crippen LogP contribution in [0.25, 0.3) is 16.5 Å². The van der Waals surface area contributed by atoms with Crippen molar-refractivity contribution in [2.24, 2.45) is 0 Å². The highest BCUT2D eigenvalue weighted by molar-refractivity contribution is 6.05. The van der Waals surface area contributed by atoms with Crippen LogP contribution in [0.2, 0.25) is 0 Å². The summed E-state index contributed by atoms with van der Waals surface area (Å²) < 4.78 is 39.8. The smallest absolute Gasteiger partial charge is 0.322 e. The SMILES string of the molecule is O=C(/C=C(/c1ccccc1)C(F)(F)F)Nc1ccc2ncccc2c1. The Morgan fingerprint density at radius 2 is 1.76 bits per heavy atom. The number of alkyl halides is 3. The van der Waals surface area contributed by atoms with Crippen LogP contribution in [0.4, 0.5) is 18.9 Å². The van der Waals surface area contributed by atoms with Crippen LogP contribution in [0, 0.1) is 0 Å². The van der Waals surface area contributed by atoms with Gasteiger partial charge in [0.15, 0.2) is 0 Å². The molecule has 0 atom stereocenters. The van der Waals surface area contributed by atoms with Gasteiger partial charge >= 0.3 is 6.18 Å². The first kappa shape index (κ1) is 16.7. The average Bonchev–Trinajstić information content (AvgIpc) is 2.59. The quantitative estimate of drug-likeness (QED) is 0.694. The van der Waals surface area contributed by atoms with Crippen molar-refractivity contribution in [2.45, 2.75) is 6.18 Å².